The number of hydrogen-bond acceptors (Lipinski definition) is 4. The van der Waals surface area contributed by atoms with Crippen LogP contribution < -0.4 is 10.8 Å². The predicted octanol–water partition coefficient (Wildman–Crippen LogP) is 4.27. The second-order valence-electron chi connectivity index (χ2n) is 6.30. The van der Waals surface area contributed by atoms with Gasteiger partial charge in [0.2, 0.25) is 0 Å². The lowest BCUT2D eigenvalue weighted by molar-refractivity contribution is -0.0805. The Balaban J connectivity index is 2.32. The van der Waals surface area contributed by atoms with E-state index in [9.17, 15) is 18.0 Å². The Morgan fingerprint density at radius 3 is 2.52 bits per heavy atom. The van der Waals surface area contributed by atoms with Crippen molar-refractivity contribution in [2.24, 2.45) is 0 Å². The van der Waals surface area contributed by atoms with E-state index in [0.29, 0.717) is 3.57 Å². The summed E-state index contributed by atoms with van der Waals surface area (Å²) < 4.78 is 42.6. The van der Waals surface area contributed by atoms with Crippen molar-refractivity contribution in [3.05, 3.63) is 56.9 Å². The molecular weight excluding hydrogens is 476 g/mol. The number of benzene rings is 2. The SMILES string of the molecule is CC(C)(CCO)ONC(=O)c1ccc(F)c(F)c1Nc1ccc(I)cc1F. The number of anilines is 2. The van der Waals surface area contributed by atoms with Gasteiger partial charge in [0.15, 0.2) is 11.6 Å². The molecule has 3 N–H and O–H groups in total. The Labute approximate surface area is 168 Å². The number of carbonyl (C=O) groups is 1. The fourth-order valence-electron chi connectivity index (χ4n) is 2.15. The molecule has 0 aliphatic rings. The van der Waals surface area contributed by atoms with Crippen LogP contribution in [0.25, 0.3) is 0 Å². The third-order valence-corrected chi connectivity index (χ3v) is 4.34. The van der Waals surface area contributed by atoms with Gasteiger partial charge in [-0.15, -0.1) is 0 Å². The summed E-state index contributed by atoms with van der Waals surface area (Å²) in [6.07, 6.45) is 0.240. The van der Waals surface area contributed by atoms with Gasteiger partial charge in [0.1, 0.15) is 5.82 Å². The highest BCUT2D eigenvalue weighted by atomic mass is 127. The van der Waals surface area contributed by atoms with Crippen molar-refractivity contribution in [2.75, 3.05) is 11.9 Å². The molecule has 5 nitrogen and oxygen atoms in total. The summed E-state index contributed by atoms with van der Waals surface area (Å²) in [4.78, 5) is 17.6. The van der Waals surface area contributed by atoms with Crippen molar-refractivity contribution >= 4 is 39.9 Å². The first kappa shape index (κ1) is 21.5. The number of aliphatic hydroxyl groups excluding tert-OH is 1. The third kappa shape index (κ3) is 5.56. The molecule has 0 bridgehead atoms. The number of halogens is 4. The summed E-state index contributed by atoms with van der Waals surface area (Å²) in [5.74, 6) is -4.05. The van der Waals surface area contributed by atoms with E-state index in [2.05, 4.69) is 10.8 Å². The third-order valence-electron chi connectivity index (χ3n) is 3.66. The highest BCUT2D eigenvalue weighted by Gasteiger charge is 2.23. The number of aliphatic hydroxyl groups is 1. The van der Waals surface area contributed by atoms with E-state index < -0.39 is 34.6 Å². The van der Waals surface area contributed by atoms with E-state index in [4.69, 9.17) is 9.94 Å². The van der Waals surface area contributed by atoms with Gasteiger partial charge in [-0.3, -0.25) is 9.63 Å². The van der Waals surface area contributed by atoms with E-state index in [1.165, 1.54) is 12.1 Å². The maximum Gasteiger partial charge on any atom is 0.277 e. The van der Waals surface area contributed by atoms with Crippen LogP contribution in [0.5, 0.6) is 0 Å². The Hall–Kier alpha value is -1.85. The fourth-order valence-corrected chi connectivity index (χ4v) is 2.60. The normalized spacial score (nSPS) is 11.4. The fraction of sp³-hybridized carbons (Fsp3) is 0.278. The zero-order valence-electron chi connectivity index (χ0n) is 14.6. The average Bonchev–Trinajstić information content (AvgIpc) is 2.59. The maximum absolute atomic E-state index is 14.3. The average molecular weight is 494 g/mol. The highest BCUT2D eigenvalue weighted by Crippen LogP contribution is 2.28. The summed E-state index contributed by atoms with van der Waals surface area (Å²) in [5.41, 5.74) is 0.366. The molecular formula is C18H18F3IN2O3. The van der Waals surface area contributed by atoms with Crippen molar-refractivity contribution in [2.45, 2.75) is 25.9 Å². The number of hydroxylamine groups is 1. The van der Waals surface area contributed by atoms with Gasteiger partial charge in [-0.05, 0) is 66.8 Å². The first-order chi connectivity index (χ1) is 12.6. The zero-order chi connectivity index (χ0) is 20.2. The summed E-state index contributed by atoms with van der Waals surface area (Å²) >= 11 is 1.91. The van der Waals surface area contributed by atoms with Crippen molar-refractivity contribution < 1.29 is 27.9 Å². The summed E-state index contributed by atoms with van der Waals surface area (Å²) in [7, 11) is 0. The van der Waals surface area contributed by atoms with Gasteiger partial charge in [-0.1, -0.05) is 0 Å². The molecule has 0 aliphatic carbocycles. The van der Waals surface area contributed by atoms with Crippen LogP contribution in [0.3, 0.4) is 0 Å². The number of nitrogens with one attached hydrogen (secondary N) is 2. The zero-order valence-corrected chi connectivity index (χ0v) is 16.7. The van der Waals surface area contributed by atoms with Crippen molar-refractivity contribution in [1.82, 2.24) is 5.48 Å². The molecule has 0 unspecified atom stereocenters. The van der Waals surface area contributed by atoms with Crippen LogP contribution in [0.4, 0.5) is 24.5 Å². The monoisotopic (exact) mass is 494 g/mol. The molecule has 0 saturated carbocycles. The summed E-state index contributed by atoms with van der Waals surface area (Å²) in [6, 6.07) is 5.98. The van der Waals surface area contributed by atoms with E-state index >= 15 is 0 Å². The molecule has 2 aromatic rings. The number of rotatable bonds is 7. The summed E-state index contributed by atoms with van der Waals surface area (Å²) in [6.45, 7) is 3.11. The largest absolute Gasteiger partial charge is 0.396 e. The molecule has 0 fully saturated rings. The van der Waals surface area contributed by atoms with E-state index in [0.717, 1.165) is 12.1 Å². The molecule has 1 amide bonds. The van der Waals surface area contributed by atoms with Crippen molar-refractivity contribution in [1.29, 1.82) is 0 Å². The van der Waals surface area contributed by atoms with Crippen LogP contribution in [-0.4, -0.2) is 23.2 Å². The van der Waals surface area contributed by atoms with E-state index in [-0.39, 0.29) is 24.3 Å². The molecule has 2 aromatic carbocycles. The molecule has 146 valence electrons. The Bertz CT molecular complexity index is 847. The molecule has 0 aliphatic heterocycles. The highest BCUT2D eigenvalue weighted by molar-refractivity contribution is 14.1. The molecule has 2 rings (SSSR count). The smallest absolute Gasteiger partial charge is 0.277 e. The predicted molar refractivity (Wildman–Crippen MR) is 103 cm³/mol. The number of amides is 1. The number of hydrogen-bond donors (Lipinski definition) is 3. The second-order valence-corrected chi connectivity index (χ2v) is 7.55. The summed E-state index contributed by atoms with van der Waals surface area (Å²) in [5, 5.41) is 11.4. The lowest BCUT2D eigenvalue weighted by Crippen LogP contribution is -2.36. The Morgan fingerprint density at radius 2 is 1.89 bits per heavy atom. The van der Waals surface area contributed by atoms with Crippen molar-refractivity contribution in [3.8, 4) is 0 Å². The maximum atomic E-state index is 14.3. The molecule has 27 heavy (non-hydrogen) atoms. The minimum Gasteiger partial charge on any atom is -0.396 e. The Morgan fingerprint density at radius 1 is 1.19 bits per heavy atom. The molecule has 0 atom stereocenters. The molecule has 0 aromatic heterocycles. The van der Waals surface area contributed by atoms with Gasteiger partial charge in [-0.25, -0.2) is 18.7 Å². The van der Waals surface area contributed by atoms with Gasteiger partial charge >= 0.3 is 0 Å². The first-order valence-electron chi connectivity index (χ1n) is 7.94. The topological polar surface area (TPSA) is 70.6 Å². The number of carbonyl (C=O) groups excluding carboxylic acids is 1. The minimum atomic E-state index is -1.32. The molecule has 0 spiro atoms. The van der Waals surface area contributed by atoms with Crippen LogP contribution in [0, 0.1) is 21.0 Å². The van der Waals surface area contributed by atoms with Gasteiger partial charge in [-0.2, -0.15) is 0 Å². The van der Waals surface area contributed by atoms with Gasteiger partial charge in [0.25, 0.3) is 5.91 Å². The van der Waals surface area contributed by atoms with Crippen LogP contribution in [-0.2, 0) is 4.84 Å². The Kier molecular flexibility index (Phi) is 7.06. The lowest BCUT2D eigenvalue weighted by atomic mass is 10.1. The van der Waals surface area contributed by atoms with Crippen LogP contribution in [0.2, 0.25) is 0 Å². The van der Waals surface area contributed by atoms with E-state index in [1.54, 1.807) is 19.9 Å². The van der Waals surface area contributed by atoms with Gasteiger partial charge in [0.05, 0.1) is 22.5 Å². The molecule has 0 radical (unpaired) electrons. The van der Waals surface area contributed by atoms with Crippen LogP contribution >= 0.6 is 22.6 Å². The quantitative estimate of drug-likeness (QED) is 0.397. The van der Waals surface area contributed by atoms with Gasteiger partial charge < -0.3 is 10.4 Å². The first-order valence-corrected chi connectivity index (χ1v) is 9.02. The molecule has 0 saturated heterocycles. The van der Waals surface area contributed by atoms with Crippen LogP contribution in [0.15, 0.2) is 30.3 Å². The molecule has 9 heteroatoms. The van der Waals surface area contributed by atoms with Gasteiger partial charge in [0, 0.05) is 16.6 Å². The lowest BCUT2D eigenvalue weighted by Gasteiger charge is -2.24. The van der Waals surface area contributed by atoms with Crippen molar-refractivity contribution in [3.63, 3.8) is 0 Å². The van der Waals surface area contributed by atoms with E-state index in [1.807, 2.05) is 22.6 Å². The second kappa shape index (κ2) is 8.89. The van der Waals surface area contributed by atoms with Crippen LogP contribution in [0.1, 0.15) is 30.6 Å². The molecule has 0 heterocycles. The minimum absolute atomic E-state index is 0.115. The standard InChI is InChI=1S/C18H18F3IN2O3/c1-18(2,7-8-25)27-24-17(26)11-4-5-12(19)15(21)16(11)23-14-6-3-10(22)9-13(14)20/h3-6,9,23,25H,7-8H2,1-2H3,(H,24,26).